The number of benzene rings is 3. The zero-order chi connectivity index (χ0) is 18.4. The van der Waals surface area contributed by atoms with E-state index in [1.54, 1.807) is 6.07 Å². The first kappa shape index (κ1) is 17.6. The normalized spacial score (nSPS) is 10.4. The largest absolute Gasteiger partial charge is 0.489 e. The van der Waals surface area contributed by atoms with Crippen LogP contribution in [-0.2, 0) is 6.61 Å². The van der Waals surface area contributed by atoms with Crippen molar-refractivity contribution in [2.75, 3.05) is 0 Å². The van der Waals surface area contributed by atoms with Crippen molar-refractivity contribution in [2.45, 2.75) is 26.4 Å². The average molecular weight is 343 g/mol. The van der Waals surface area contributed by atoms with Gasteiger partial charge in [0.15, 0.2) is 0 Å². The molecule has 0 N–H and O–H groups in total. The molecule has 0 amide bonds. The summed E-state index contributed by atoms with van der Waals surface area (Å²) in [6, 6.07) is 25.2. The Morgan fingerprint density at radius 1 is 0.846 bits per heavy atom. The van der Waals surface area contributed by atoms with Crippen LogP contribution in [-0.4, -0.2) is 0 Å². The van der Waals surface area contributed by atoms with Gasteiger partial charge in [-0.3, -0.25) is 0 Å². The summed E-state index contributed by atoms with van der Waals surface area (Å²) in [6.07, 6.45) is 0. The molecular weight excluding hydrogens is 322 g/mol. The quantitative estimate of drug-likeness (QED) is 0.547. The minimum Gasteiger partial charge on any atom is -0.489 e. The molecule has 130 valence electrons. The van der Waals surface area contributed by atoms with Crippen LogP contribution in [0, 0.1) is 11.3 Å². The summed E-state index contributed by atoms with van der Waals surface area (Å²) < 4.78 is 11.8. The molecule has 0 unspecified atom stereocenters. The van der Waals surface area contributed by atoms with E-state index in [-0.39, 0.29) is 0 Å². The number of rotatable bonds is 6. The molecule has 3 rings (SSSR count). The van der Waals surface area contributed by atoms with Crippen LogP contribution in [0.2, 0.25) is 0 Å². The van der Waals surface area contributed by atoms with E-state index in [0.29, 0.717) is 18.1 Å². The third-order valence-electron chi connectivity index (χ3n) is 4.05. The van der Waals surface area contributed by atoms with Crippen molar-refractivity contribution in [3.05, 3.63) is 89.5 Å². The molecule has 3 aromatic carbocycles. The Morgan fingerprint density at radius 3 is 2.31 bits per heavy atom. The molecule has 0 aromatic heterocycles. The Kier molecular flexibility index (Phi) is 5.56. The highest BCUT2D eigenvalue weighted by Gasteiger charge is 2.03. The minimum atomic E-state index is 0.405. The maximum absolute atomic E-state index is 8.96. The standard InChI is InChI=1S/C23H21NO2/c1-17(2)20-9-11-21(12-10-20)26-23-8-4-7-22(14-23)25-16-19-6-3-5-18(13-19)15-24/h3-14,17H,16H2,1-2H3. The Bertz CT molecular complexity index is 908. The van der Waals surface area contributed by atoms with Crippen molar-refractivity contribution in [3.8, 4) is 23.3 Å². The number of hydrogen-bond acceptors (Lipinski definition) is 3. The third-order valence-corrected chi connectivity index (χ3v) is 4.05. The van der Waals surface area contributed by atoms with Crippen LogP contribution in [0.15, 0.2) is 72.8 Å². The number of nitriles is 1. The highest BCUT2D eigenvalue weighted by molar-refractivity contribution is 5.38. The first-order chi connectivity index (χ1) is 12.6. The van der Waals surface area contributed by atoms with Gasteiger partial charge in [0.05, 0.1) is 11.6 Å². The molecule has 26 heavy (non-hydrogen) atoms. The summed E-state index contributed by atoms with van der Waals surface area (Å²) in [6.45, 7) is 4.74. The molecular formula is C23H21NO2. The summed E-state index contributed by atoms with van der Waals surface area (Å²) in [7, 11) is 0. The lowest BCUT2D eigenvalue weighted by Crippen LogP contribution is -1.96. The van der Waals surface area contributed by atoms with E-state index in [4.69, 9.17) is 14.7 Å². The third kappa shape index (κ3) is 4.64. The molecule has 0 saturated carbocycles. The summed E-state index contributed by atoms with van der Waals surface area (Å²) in [4.78, 5) is 0. The SMILES string of the molecule is CC(C)c1ccc(Oc2cccc(OCc3cccc(C#N)c3)c2)cc1. The molecule has 0 aliphatic rings. The van der Waals surface area contributed by atoms with Crippen molar-refractivity contribution >= 4 is 0 Å². The van der Waals surface area contributed by atoms with E-state index in [2.05, 4.69) is 32.0 Å². The minimum absolute atomic E-state index is 0.405. The molecule has 0 atom stereocenters. The zero-order valence-electron chi connectivity index (χ0n) is 15.0. The van der Waals surface area contributed by atoms with Crippen LogP contribution >= 0.6 is 0 Å². The lowest BCUT2D eigenvalue weighted by molar-refractivity contribution is 0.304. The molecule has 0 aliphatic carbocycles. The van der Waals surface area contributed by atoms with E-state index in [1.807, 2.05) is 54.6 Å². The van der Waals surface area contributed by atoms with Crippen molar-refractivity contribution < 1.29 is 9.47 Å². The molecule has 0 radical (unpaired) electrons. The molecule has 3 aromatic rings. The van der Waals surface area contributed by atoms with Crippen LogP contribution in [0.1, 0.15) is 36.5 Å². The first-order valence-electron chi connectivity index (χ1n) is 8.64. The zero-order valence-corrected chi connectivity index (χ0v) is 15.0. The topological polar surface area (TPSA) is 42.2 Å². The van der Waals surface area contributed by atoms with Crippen molar-refractivity contribution in [3.63, 3.8) is 0 Å². The van der Waals surface area contributed by atoms with Gasteiger partial charge in [0, 0.05) is 6.07 Å². The van der Waals surface area contributed by atoms with Crippen LogP contribution in [0.3, 0.4) is 0 Å². The highest BCUT2D eigenvalue weighted by atomic mass is 16.5. The summed E-state index contributed by atoms with van der Waals surface area (Å²) in [5.74, 6) is 2.75. The van der Waals surface area contributed by atoms with Gasteiger partial charge in [0.1, 0.15) is 23.9 Å². The maximum Gasteiger partial charge on any atom is 0.131 e. The van der Waals surface area contributed by atoms with E-state index in [1.165, 1.54) is 5.56 Å². The van der Waals surface area contributed by atoms with Gasteiger partial charge in [-0.05, 0) is 53.4 Å². The molecule has 0 heterocycles. The molecule has 3 nitrogen and oxygen atoms in total. The number of nitrogens with zero attached hydrogens (tertiary/aromatic N) is 1. The molecule has 0 spiro atoms. The number of ether oxygens (including phenoxy) is 2. The Balaban J connectivity index is 1.65. The molecule has 0 saturated heterocycles. The van der Waals surface area contributed by atoms with E-state index >= 15 is 0 Å². The van der Waals surface area contributed by atoms with Crippen LogP contribution in [0.25, 0.3) is 0 Å². The predicted octanol–water partition coefficient (Wildman–Crippen LogP) is 6.05. The average Bonchev–Trinajstić information content (AvgIpc) is 2.67. The van der Waals surface area contributed by atoms with Crippen molar-refractivity contribution in [2.24, 2.45) is 0 Å². The summed E-state index contributed by atoms with van der Waals surface area (Å²) in [5.41, 5.74) is 2.88. The smallest absolute Gasteiger partial charge is 0.131 e. The monoisotopic (exact) mass is 343 g/mol. The summed E-state index contributed by atoms with van der Waals surface area (Å²) >= 11 is 0. The Hall–Kier alpha value is -3.25. The van der Waals surface area contributed by atoms with Gasteiger partial charge in [-0.1, -0.05) is 44.2 Å². The maximum atomic E-state index is 8.96. The van der Waals surface area contributed by atoms with Gasteiger partial charge in [0.2, 0.25) is 0 Å². The fourth-order valence-corrected chi connectivity index (χ4v) is 2.58. The van der Waals surface area contributed by atoms with Gasteiger partial charge in [0.25, 0.3) is 0 Å². The van der Waals surface area contributed by atoms with E-state index in [9.17, 15) is 0 Å². The van der Waals surface area contributed by atoms with Gasteiger partial charge in [-0.25, -0.2) is 0 Å². The van der Waals surface area contributed by atoms with Gasteiger partial charge in [-0.2, -0.15) is 5.26 Å². The van der Waals surface area contributed by atoms with Crippen molar-refractivity contribution in [1.29, 1.82) is 5.26 Å². The first-order valence-corrected chi connectivity index (χ1v) is 8.64. The Morgan fingerprint density at radius 2 is 1.58 bits per heavy atom. The molecule has 0 aliphatic heterocycles. The molecule has 0 bridgehead atoms. The summed E-state index contributed by atoms with van der Waals surface area (Å²) in [5, 5.41) is 8.96. The van der Waals surface area contributed by atoms with Crippen LogP contribution in [0.5, 0.6) is 17.2 Å². The predicted molar refractivity (Wildman–Crippen MR) is 103 cm³/mol. The fourth-order valence-electron chi connectivity index (χ4n) is 2.58. The fraction of sp³-hybridized carbons (Fsp3) is 0.174. The second kappa shape index (κ2) is 8.22. The van der Waals surface area contributed by atoms with E-state index < -0.39 is 0 Å². The highest BCUT2D eigenvalue weighted by Crippen LogP contribution is 2.27. The Labute approximate surface area is 154 Å². The molecule has 0 fully saturated rings. The number of hydrogen-bond donors (Lipinski definition) is 0. The van der Waals surface area contributed by atoms with Gasteiger partial charge in [-0.15, -0.1) is 0 Å². The van der Waals surface area contributed by atoms with Crippen LogP contribution < -0.4 is 9.47 Å². The van der Waals surface area contributed by atoms with Gasteiger partial charge < -0.3 is 9.47 Å². The lowest BCUT2D eigenvalue weighted by atomic mass is 10.0. The van der Waals surface area contributed by atoms with Gasteiger partial charge >= 0.3 is 0 Å². The van der Waals surface area contributed by atoms with Crippen molar-refractivity contribution in [1.82, 2.24) is 0 Å². The van der Waals surface area contributed by atoms with Crippen LogP contribution in [0.4, 0.5) is 0 Å². The molecule has 3 heteroatoms. The second-order valence-electron chi connectivity index (χ2n) is 6.40. The lowest BCUT2D eigenvalue weighted by Gasteiger charge is -2.11. The second-order valence-corrected chi connectivity index (χ2v) is 6.40. The van der Waals surface area contributed by atoms with E-state index in [0.717, 1.165) is 22.8 Å².